The summed E-state index contributed by atoms with van der Waals surface area (Å²) in [6.07, 6.45) is 2.97. The van der Waals surface area contributed by atoms with Crippen LogP contribution < -0.4 is 16.4 Å². The van der Waals surface area contributed by atoms with Crippen molar-refractivity contribution in [1.82, 2.24) is 4.98 Å². The molecule has 6 heteroatoms. The Morgan fingerprint density at radius 3 is 2.74 bits per heavy atom. The topological polar surface area (TPSA) is 104 Å². The van der Waals surface area contributed by atoms with Gasteiger partial charge >= 0.3 is 6.03 Å². The van der Waals surface area contributed by atoms with Gasteiger partial charge in [-0.1, -0.05) is 6.07 Å². The number of nitrogens with one attached hydrogen (secondary N) is 2. The van der Waals surface area contributed by atoms with Crippen LogP contribution in [0.3, 0.4) is 0 Å². The molecule has 0 bridgehead atoms. The van der Waals surface area contributed by atoms with E-state index >= 15 is 0 Å². The number of urea groups is 1. The fourth-order valence-electron chi connectivity index (χ4n) is 1.49. The molecule has 0 fully saturated rings. The number of benzene rings is 1. The minimum Gasteiger partial charge on any atom is -0.397 e. The first kappa shape index (κ1) is 12.4. The molecule has 0 unspecified atom stereocenters. The first-order chi connectivity index (χ1) is 9.17. The summed E-state index contributed by atoms with van der Waals surface area (Å²) in [6, 6.07) is 9.79. The van der Waals surface area contributed by atoms with Gasteiger partial charge in [0.25, 0.3) is 0 Å². The van der Waals surface area contributed by atoms with Gasteiger partial charge in [-0.15, -0.1) is 0 Å². The number of rotatable bonds is 2. The average Bonchev–Trinajstić information content (AvgIpc) is 2.38. The number of aromatic nitrogens is 1. The van der Waals surface area contributed by atoms with Crippen molar-refractivity contribution >= 4 is 23.1 Å². The average molecular weight is 253 g/mol. The van der Waals surface area contributed by atoms with Crippen molar-refractivity contribution in [3.8, 4) is 6.07 Å². The smallest absolute Gasteiger partial charge is 0.323 e. The van der Waals surface area contributed by atoms with Crippen molar-refractivity contribution in [1.29, 1.82) is 5.26 Å². The third-order valence-corrected chi connectivity index (χ3v) is 2.27. The largest absolute Gasteiger partial charge is 0.397 e. The standard InChI is InChI=1S/C13H11N5O/c14-6-9-2-1-3-11(4-9)17-13(19)18-12-5-10(15)7-16-8-12/h1-5,7-8H,15H2,(H2,17,18,19). The molecule has 2 aromatic rings. The maximum Gasteiger partial charge on any atom is 0.323 e. The van der Waals surface area contributed by atoms with Crippen LogP contribution in [0.5, 0.6) is 0 Å². The highest BCUT2D eigenvalue weighted by Crippen LogP contribution is 2.12. The second kappa shape index (κ2) is 5.51. The lowest BCUT2D eigenvalue weighted by Gasteiger charge is -2.07. The van der Waals surface area contributed by atoms with E-state index in [1.54, 1.807) is 30.3 Å². The molecule has 0 saturated heterocycles. The lowest BCUT2D eigenvalue weighted by atomic mass is 10.2. The maximum absolute atomic E-state index is 11.7. The number of nitrogen functional groups attached to an aromatic ring is 1. The number of nitrogens with zero attached hydrogens (tertiary/aromatic N) is 2. The highest BCUT2D eigenvalue weighted by Gasteiger charge is 2.03. The van der Waals surface area contributed by atoms with Gasteiger partial charge in [0.15, 0.2) is 0 Å². The fraction of sp³-hybridized carbons (Fsp3) is 0. The Morgan fingerprint density at radius 1 is 1.21 bits per heavy atom. The summed E-state index contributed by atoms with van der Waals surface area (Å²) in [5.41, 5.74) is 7.52. The molecule has 0 spiro atoms. The van der Waals surface area contributed by atoms with Crippen LogP contribution in [-0.2, 0) is 0 Å². The molecule has 6 nitrogen and oxygen atoms in total. The predicted octanol–water partition coefficient (Wildman–Crippen LogP) is 2.18. The Bertz CT molecular complexity index is 647. The molecule has 1 aromatic heterocycles. The summed E-state index contributed by atoms with van der Waals surface area (Å²) < 4.78 is 0. The molecule has 0 aliphatic heterocycles. The lowest BCUT2D eigenvalue weighted by molar-refractivity contribution is 0.262. The van der Waals surface area contributed by atoms with Gasteiger partial charge in [-0.05, 0) is 24.3 Å². The Labute approximate surface area is 109 Å². The summed E-state index contributed by atoms with van der Waals surface area (Å²) in [4.78, 5) is 15.6. The summed E-state index contributed by atoms with van der Waals surface area (Å²) in [7, 11) is 0. The van der Waals surface area contributed by atoms with Crippen molar-refractivity contribution in [2.45, 2.75) is 0 Å². The van der Waals surface area contributed by atoms with Crippen molar-refractivity contribution in [2.75, 3.05) is 16.4 Å². The number of hydrogen-bond acceptors (Lipinski definition) is 4. The molecule has 0 aliphatic rings. The molecule has 19 heavy (non-hydrogen) atoms. The van der Waals surface area contributed by atoms with Crippen LogP contribution >= 0.6 is 0 Å². The van der Waals surface area contributed by atoms with Gasteiger partial charge in [0.2, 0.25) is 0 Å². The summed E-state index contributed by atoms with van der Waals surface area (Å²) in [5.74, 6) is 0. The molecule has 94 valence electrons. The van der Waals surface area contributed by atoms with E-state index in [9.17, 15) is 4.79 Å². The van der Waals surface area contributed by atoms with Crippen molar-refractivity contribution in [3.63, 3.8) is 0 Å². The summed E-state index contributed by atoms with van der Waals surface area (Å²) in [5, 5.41) is 14.0. The third kappa shape index (κ3) is 3.44. The molecule has 1 heterocycles. The van der Waals surface area contributed by atoms with Crippen LogP contribution in [0.1, 0.15) is 5.56 Å². The number of amides is 2. The minimum absolute atomic E-state index is 0.428. The monoisotopic (exact) mass is 253 g/mol. The highest BCUT2D eigenvalue weighted by atomic mass is 16.2. The summed E-state index contributed by atoms with van der Waals surface area (Å²) in [6.45, 7) is 0. The Hall–Kier alpha value is -3.07. The van der Waals surface area contributed by atoms with Crippen LogP contribution in [-0.4, -0.2) is 11.0 Å². The molecule has 4 N–H and O–H groups in total. The molecule has 0 saturated carbocycles. The zero-order valence-electron chi connectivity index (χ0n) is 9.92. The van der Waals surface area contributed by atoms with Gasteiger partial charge < -0.3 is 16.4 Å². The number of pyridine rings is 1. The minimum atomic E-state index is -0.428. The van der Waals surface area contributed by atoms with E-state index in [-0.39, 0.29) is 0 Å². The molecular weight excluding hydrogens is 242 g/mol. The maximum atomic E-state index is 11.7. The predicted molar refractivity (Wildman–Crippen MR) is 72.4 cm³/mol. The summed E-state index contributed by atoms with van der Waals surface area (Å²) >= 11 is 0. The van der Waals surface area contributed by atoms with Gasteiger partial charge in [0, 0.05) is 11.9 Å². The zero-order chi connectivity index (χ0) is 13.7. The molecule has 0 aliphatic carbocycles. The van der Waals surface area contributed by atoms with E-state index in [1.807, 2.05) is 6.07 Å². The van der Waals surface area contributed by atoms with Gasteiger partial charge in [-0.3, -0.25) is 4.98 Å². The molecular formula is C13H11N5O. The zero-order valence-corrected chi connectivity index (χ0v) is 9.92. The van der Waals surface area contributed by atoms with Crippen molar-refractivity contribution < 1.29 is 4.79 Å². The Morgan fingerprint density at radius 2 is 2.00 bits per heavy atom. The molecule has 2 amide bonds. The van der Waals surface area contributed by atoms with Gasteiger partial charge in [0.1, 0.15) is 0 Å². The Balaban J connectivity index is 2.03. The first-order valence-corrected chi connectivity index (χ1v) is 5.46. The lowest BCUT2D eigenvalue weighted by Crippen LogP contribution is -2.19. The van der Waals surface area contributed by atoms with Crippen LogP contribution in [0.25, 0.3) is 0 Å². The number of hydrogen-bond donors (Lipinski definition) is 3. The Kier molecular flexibility index (Phi) is 3.59. The molecule has 0 atom stereocenters. The quantitative estimate of drug-likeness (QED) is 0.762. The second-order valence-corrected chi connectivity index (χ2v) is 3.78. The second-order valence-electron chi connectivity index (χ2n) is 3.78. The molecule has 0 radical (unpaired) electrons. The van der Waals surface area contributed by atoms with Crippen LogP contribution in [0.4, 0.5) is 21.9 Å². The van der Waals surface area contributed by atoms with E-state index in [2.05, 4.69) is 15.6 Å². The number of anilines is 3. The van der Waals surface area contributed by atoms with Gasteiger partial charge in [-0.25, -0.2) is 4.79 Å². The molecule has 1 aromatic carbocycles. The highest BCUT2D eigenvalue weighted by molar-refractivity contribution is 5.99. The van der Waals surface area contributed by atoms with E-state index in [0.29, 0.717) is 22.6 Å². The van der Waals surface area contributed by atoms with Gasteiger partial charge in [-0.2, -0.15) is 5.26 Å². The van der Waals surface area contributed by atoms with Gasteiger partial charge in [0.05, 0.1) is 29.2 Å². The van der Waals surface area contributed by atoms with Crippen molar-refractivity contribution in [3.05, 3.63) is 48.3 Å². The van der Waals surface area contributed by atoms with Crippen molar-refractivity contribution in [2.24, 2.45) is 0 Å². The van der Waals surface area contributed by atoms with E-state index in [4.69, 9.17) is 11.0 Å². The number of nitrogens with two attached hydrogens (primary N) is 1. The molecule has 2 rings (SSSR count). The van der Waals surface area contributed by atoms with Crippen LogP contribution in [0.2, 0.25) is 0 Å². The third-order valence-electron chi connectivity index (χ3n) is 2.27. The number of carbonyl (C=O) groups excluding carboxylic acids is 1. The van der Waals surface area contributed by atoms with Crippen LogP contribution in [0.15, 0.2) is 42.7 Å². The van der Waals surface area contributed by atoms with E-state index in [0.717, 1.165) is 0 Å². The fourth-order valence-corrected chi connectivity index (χ4v) is 1.49. The number of carbonyl (C=O) groups is 1. The van der Waals surface area contributed by atoms with E-state index in [1.165, 1.54) is 12.4 Å². The van der Waals surface area contributed by atoms with Crippen LogP contribution in [0, 0.1) is 11.3 Å². The van der Waals surface area contributed by atoms with E-state index < -0.39 is 6.03 Å². The first-order valence-electron chi connectivity index (χ1n) is 5.46. The normalized spacial score (nSPS) is 9.42. The number of nitriles is 1. The SMILES string of the molecule is N#Cc1cccc(NC(=O)Nc2cncc(N)c2)c1.